The minimum absolute atomic E-state index is 0.106. The van der Waals surface area contributed by atoms with Crippen molar-refractivity contribution in [3.8, 4) is 0 Å². The molecule has 0 aromatic heterocycles. The van der Waals surface area contributed by atoms with Gasteiger partial charge < -0.3 is 16.2 Å². The highest BCUT2D eigenvalue weighted by atomic mass is 16.4. The van der Waals surface area contributed by atoms with Crippen LogP contribution in [0.5, 0.6) is 0 Å². The molecular formula is C10H22N2O2. The third-order valence-electron chi connectivity index (χ3n) is 2.15. The number of nitrogens with two attached hydrogens (primary N) is 1. The molecule has 4 heteroatoms. The van der Waals surface area contributed by atoms with Crippen LogP contribution >= 0.6 is 0 Å². The van der Waals surface area contributed by atoms with Crippen LogP contribution in [0.2, 0.25) is 0 Å². The standard InChI is InChI=1S/C10H22N2O2/c1-7(5-10(2,3)4)8(11)6-12-9(13)14/h7-8,12H,5-6,11H2,1-4H3,(H,13,14). The monoisotopic (exact) mass is 202 g/mol. The first-order valence-corrected chi connectivity index (χ1v) is 4.95. The lowest BCUT2D eigenvalue weighted by molar-refractivity contribution is 0.191. The maximum absolute atomic E-state index is 10.2. The molecule has 2 unspecified atom stereocenters. The van der Waals surface area contributed by atoms with Gasteiger partial charge in [-0.1, -0.05) is 27.7 Å². The van der Waals surface area contributed by atoms with Gasteiger partial charge in [-0.3, -0.25) is 0 Å². The molecule has 0 bridgehead atoms. The largest absolute Gasteiger partial charge is 0.465 e. The number of carbonyl (C=O) groups is 1. The number of hydrogen-bond donors (Lipinski definition) is 3. The molecule has 0 fully saturated rings. The van der Waals surface area contributed by atoms with Crippen LogP contribution in [0, 0.1) is 11.3 Å². The van der Waals surface area contributed by atoms with E-state index in [-0.39, 0.29) is 11.5 Å². The first-order valence-electron chi connectivity index (χ1n) is 4.95. The minimum atomic E-state index is -1.01. The average molecular weight is 202 g/mol. The van der Waals surface area contributed by atoms with E-state index in [2.05, 4.69) is 33.0 Å². The summed E-state index contributed by atoms with van der Waals surface area (Å²) in [7, 11) is 0. The van der Waals surface area contributed by atoms with Crippen molar-refractivity contribution >= 4 is 6.09 Å². The van der Waals surface area contributed by atoms with Crippen molar-refractivity contribution in [3.05, 3.63) is 0 Å². The summed E-state index contributed by atoms with van der Waals surface area (Å²) in [6.45, 7) is 8.84. The van der Waals surface area contributed by atoms with E-state index in [1.54, 1.807) is 0 Å². The van der Waals surface area contributed by atoms with Gasteiger partial charge in [0.1, 0.15) is 0 Å². The van der Waals surface area contributed by atoms with Gasteiger partial charge in [-0.25, -0.2) is 4.79 Å². The Balaban J connectivity index is 3.87. The van der Waals surface area contributed by atoms with Crippen LogP contribution in [0.3, 0.4) is 0 Å². The highest BCUT2D eigenvalue weighted by Gasteiger charge is 2.20. The predicted octanol–water partition coefficient (Wildman–Crippen LogP) is 1.65. The Bertz CT molecular complexity index is 187. The summed E-state index contributed by atoms with van der Waals surface area (Å²) < 4.78 is 0. The van der Waals surface area contributed by atoms with E-state index in [9.17, 15) is 4.79 Å². The molecule has 4 nitrogen and oxygen atoms in total. The normalized spacial score (nSPS) is 16.1. The van der Waals surface area contributed by atoms with Crippen molar-refractivity contribution in [1.82, 2.24) is 5.32 Å². The Labute approximate surface area is 85.9 Å². The van der Waals surface area contributed by atoms with E-state index in [0.29, 0.717) is 12.5 Å². The van der Waals surface area contributed by atoms with Crippen LogP contribution < -0.4 is 11.1 Å². The number of rotatable bonds is 4. The zero-order chi connectivity index (χ0) is 11.4. The molecule has 0 rings (SSSR count). The van der Waals surface area contributed by atoms with Crippen LogP contribution in [-0.2, 0) is 0 Å². The number of nitrogens with one attached hydrogen (secondary N) is 1. The third kappa shape index (κ3) is 6.71. The summed E-state index contributed by atoms with van der Waals surface area (Å²) in [5.74, 6) is 0.321. The van der Waals surface area contributed by atoms with E-state index in [0.717, 1.165) is 6.42 Å². The molecule has 0 radical (unpaired) electrons. The van der Waals surface area contributed by atoms with Gasteiger partial charge in [-0.2, -0.15) is 0 Å². The fourth-order valence-electron chi connectivity index (χ4n) is 1.52. The number of hydrogen-bond acceptors (Lipinski definition) is 2. The molecule has 1 amide bonds. The first kappa shape index (κ1) is 13.2. The van der Waals surface area contributed by atoms with Gasteiger partial charge >= 0.3 is 6.09 Å². The van der Waals surface area contributed by atoms with Crippen LogP contribution in [0.25, 0.3) is 0 Å². The molecule has 0 aromatic carbocycles. The van der Waals surface area contributed by atoms with Crippen molar-refractivity contribution in [1.29, 1.82) is 0 Å². The van der Waals surface area contributed by atoms with Crippen molar-refractivity contribution in [3.63, 3.8) is 0 Å². The smallest absolute Gasteiger partial charge is 0.404 e. The highest BCUT2D eigenvalue weighted by molar-refractivity contribution is 5.64. The SMILES string of the molecule is CC(CC(C)(C)C)C(N)CNC(=O)O. The molecule has 0 aliphatic heterocycles. The van der Waals surface area contributed by atoms with Gasteiger partial charge in [-0.15, -0.1) is 0 Å². The minimum Gasteiger partial charge on any atom is -0.465 e. The van der Waals surface area contributed by atoms with Crippen molar-refractivity contribution in [2.75, 3.05) is 6.54 Å². The van der Waals surface area contributed by atoms with Gasteiger partial charge in [0.25, 0.3) is 0 Å². The summed E-state index contributed by atoms with van der Waals surface area (Å²) in [5.41, 5.74) is 6.08. The number of amides is 1. The molecule has 0 aromatic rings. The third-order valence-corrected chi connectivity index (χ3v) is 2.15. The average Bonchev–Trinajstić information content (AvgIpc) is 1.96. The van der Waals surface area contributed by atoms with E-state index in [1.165, 1.54) is 0 Å². The van der Waals surface area contributed by atoms with Crippen molar-refractivity contribution in [2.24, 2.45) is 17.1 Å². The summed E-state index contributed by atoms with van der Waals surface area (Å²) in [6.07, 6.45) is -0.0152. The lowest BCUT2D eigenvalue weighted by Crippen LogP contribution is -2.41. The second-order valence-electron chi connectivity index (χ2n) is 5.09. The molecule has 84 valence electrons. The molecular weight excluding hydrogens is 180 g/mol. The molecule has 2 atom stereocenters. The van der Waals surface area contributed by atoms with E-state index >= 15 is 0 Å². The number of carboxylic acid groups (broad SMARTS) is 1. The summed E-state index contributed by atoms with van der Waals surface area (Å²) in [5, 5.41) is 10.7. The predicted molar refractivity (Wildman–Crippen MR) is 57.2 cm³/mol. The van der Waals surface area contributed by atoms with Crippen molar-refractivity contribution < 1.29 is 9.90 Å². The van der Waals surface area contributed by atoms with Crippen LogP contribution in [-0.4, -0.2) is 23.8 Å². The lowest BCUT2D eigenvalue weighted by atomic mass is 9.82. The maximum Gasteiger partial charge on any atom is 0.404 e. The van der Waals surface area contributed by atoms with E-state index < -0.39 is 6.09 Å². The highest BCUT2D eigenvalue weighted by Crippen LogP contribution is 2.25. The van der Waals surface area contributed by atoms with Gasteiger partial charge in [0.05, 0.1) is 0 Å². The van der Waals surface area contributed by atoms with Gasteiger partial charge in [0.2, 0.25) is 0 Å². The van der Waals surface area contributed by atoms with Crippen LogP contribution in [0.1, 0.15) is 34.1 Å². The molecule has 0 spiro atoms. The fourth-order valence-corrected chi connectivity index (χ4v) is 1.52. The van der Waals surface area contributed by atoms with Crippen LogP contribution in [0.4, 0.5) is 4.79 Å². The Morgan fingerprint density at radius 3 is 2.36 bits per heavy atom. The summed E-state index contributed by atoms with van der Waals surface area (Å²) >= 11 is 0. The maximum atomic E-state index is 10.2. The molecule has 4 N–H and O–H groups in total. The fraction of sp³-hybridized carbons (Fsp3) is 0.900. The molecule has 0 heterocycles. The van der Waals surface area contributed by atoms with E-state index in [4.69, 9.17) is 10.8 Å². The Kier molecular flexibility index (Phi) is 4.91. The Morgan fingerprint density at radius 2 is 2.00 bits per heavy atom. The Hall–Kier alpha value is -0.770. The molecule has 14 heavy (non-hydrogen) atoms. The quantitative estimate of drug-likeness (QED) is 0.649. The van der Waals surface area contributed by atoms with Gasteiger partial charge in [0, 0.05) is 12.6 Å². The Morgan fingerprint density at radius 1 is 1.50 bits per heavy atom. The molecule has 0 aliphatic carbocycles. The topological polar surface area (TPSA) is 75.3 Å². The molecule has 0 aliphatic rings. The summed E-state index contributed by atoms with van der Waals surface area (Å²) in [6, 6.07) is -0.106. The zero-order valence-electron chi connectivity index (χ0n) is 9.50. The van der Waals surface area contributed by atoms with Gasteiger partial charge in [0.15, 0.2) is 0 Å². The molecule has 0 saturated carbocycles. The molecule has 0 saturated heterocycles. The van der Waals surface area contributed by atoms with E-state index in [1.807, 2.05) is 0 Å². The second kappa shape index (κ2) is 5.20. The zero-order valence-corrected chi connectivity index (χ0v) is 9.50. The van der Waals surface area contributed by atoms with Gasteiger partial charge in [-0.05, 0) is 17.8 Å². The second-order valence-corrected chi connectivity index (χ2v) is 5.09. The van der Waals surface area contributed by atoms with Crippen molar-refractivity contribution in [2.45, 2.75) is 40.2 Å². The van der Waals surface area contributed by atoms with Crippen LogP contribution in [0.15, 0.2) is 0 Å². The lowest BCUT2D eigenvalue weighted by Gasteiger charge is -2.27. The summed E-state index contributed by atoms with van der Waals surface area (Å²) in [4.78, 5) is 10.2. The first-order chi connectivity index (χ1) is 6.22.